The normalized spacial score (nSPS) is 10.8. The highest BCUT2D eigenvalue weighted by atomic mass is 16.1. The Bertz CT molecular complexity index is 969. The Hall–Kier alpha value is -2.88. The van der Waals surface area contributed by atoms with Crippen molar-refractivity contribution in [2.24, 2.45) is 0 Å². The van der Waals surface area contributed by atoms with Crippen molar-refractivity contribution in [1.29, 1.82) is 0 Å². The maximum Gasteiger partial charge on any atom is 0.253 e. The van der Waals surface area contributed by atoms with Crippen LogP contribution < -0.4 is 10.9 Å². The number of aromatic nitrogens is 1. The minimum Gasteiger partial charge on any atom is -0.348 e. The maximum absolute atomic E-state index is 12.3. The van der Waals surface area contributed by atoms with Crippen LogP contribution in [0.25, 0.3) is 10.9 Å². The molecule has 3 aromatic rings. The number of benzene rings is 2. The summed E-state index contributed by atoms with van der Waals surface area (Å²) in [7, 11) is 0. The number of aromatic amines is 1. The van der Waals surface area contributed by atoms with Gasteiger partial charge < -0.3 is 10.3 Å². The monoisotopic (exact) mass is 320 g/mol. The smallest absolute Gasteiger partial charge is 0.253 e. The average molecular weight is 320 g/mol. The molecule has 0 aliphatic heterocycles. The first-order valence-electron chi connectivity index (χ1n) is 7.92. The van der Waals surface area contributed by atoms with Crippen molar-refractivity contribution in [2.75, 3.05) is 0 Å². The fourth-order valence-corrected chi connectivity index (χ4v) is 2.85. The van der Waals surface area contributed by atoms with Gasteiger partial charge in [-0.25, -0.2) is 0 Å². The number of amides is 1. The molecular weight excluding hydrogens is 300 g/mol. The highest BCUT2D eigenvalue weighted by molar-refractivity contribution is 5.94. The largest absolute Gasteiger partial charge is 0.348 e. The molecular formula is C20H20N2O2. The summed E-state index contributed by atoms with van der Waals surface area (Å²) >= 11 is 0. The second-order valence-corrected chi connectivity index (χ2v) is 6.22. The minimum atomic E-state index is -0.185. The Labute approximate surface area is 140 Å². The quantitative estimate of drug-likeness (QED) is 0.777. The van der Waals surface area contributed by atoms with Crippen molar-refractivity contribution in [1.82, 2.24) is 10.3 Å². The minimum absolute atomic E-state index is 0.168. The van der Waals surface area contributed by atoms with Gasteiger partial charge in [-0.3, -0.25) is 9.59 Å². The number of aryl methyl sites for hydroxylation is 3. The fraction of sp³-hybridized carbons (Fsp3) is 0.200. The maximum atomic E-state index is 12.3. The zero-order chi connectivity index (χ0) is 17.3. The van der Waals surface area contributed by atoms with E-state index in [-0.39, 0.29) is 18.0 Å². The molecule has 0 aliphatic carbocycles. The van der Waals surface area contributed by atoms with Gasteiger partial charge in [0.25, 0.3) is 11.5 Å². The van der Waals surface area contributed by atoms with Crippen molar-refractivity contribution < 1.29 is 4.79 Å². The molecule has 2 aromatic carbocycles. The first-order valence-corrected chi connectivity index (χ1v) is 7.92. The Morgan fingerprint density at radius 1 is 1.00 bits per heavy atom. The van der Waals surface area contributed by atoms with Crippen LogP contribution >= 0.6 is 0 Å². The molecule has 24 heavy (non-hydrogen) atoms. The molecule has 0 radical (unpaired) electrons. The van der Waals surface area contributed by atoms with E-state index in [0.717, 1.165) is 27.6 Å². The lowest BCUT2D eigenvalue weighted by atomic mass is 10.1. The average Bonchev–Trinajstić information content (AvgIpc) is 2.54. The number of carbonyl (C=O) groups excluding carboxylic acids is 1. The summed E-state index contributed by atoms with van der Waals surface area (Å²) in [6.45, 7) is 6.17. The van der Waals surface area contributed by atoms with E-state index in [1.54, 1.807) is 12.1 Å². The third-order valence-electron chi connectivity index (χ3n) is 4.12. The first kappa shape index (κ1) is 16.0. The molecule has 122 valence electrons. The Morgan fingerprint density at radius 2 is 1.71 bits per heavy atom. The topological polar surface area (TPSA) is 62.0 Å². The van der Waals surface area contributed by atoms with E-state index in [9.17, 15) is 9.59 Å². The van der Waals surface area contributed by atoms with Gasteiger partial charge >= 0.3 is 0 Å². The lowest BCUT2D eigenvalue weighted by Gasteiger charge is -2.08. The van der Waals surface area contributed by atoms with Crippen molar-refractivity contribution >= 4 is 16.8 Å². The van der Waals surface area contributed by atoms with E-state index < -0.39 is 0 Å². The molecule has 0 unspecified atom stereocenters. The van der Waals surface area contributed by atoms with Crippen LogP contribution in [0.4, 0.5) is 0 Å². The lowest BCUT2D eigenvalue weighted by molar-refractivity contribution is 0.0951. The highest BCUT2D eigenvalue weighted by Gasteiger charge is 2.09. The van der Waals surface area contributed by atoms with Gasteiger partial charge in [0.15, 0.2) is 0 Å². The summed E-state index contributed by atoms with van der Waals surface area (Å²) in [5.41, 5.74) is 5.10. The molecule has 0 saturated heterocycles. The lowest BCUT2D eigenvalue weighted by Crippen LogP contribution is -2.26. The van der Waals surface area contributed by atoms with Crippen LogP contribution in [0.2, 0.25) is 0 Å². The summed E-state index contributed by atoms with van der Waals surface area (Å²) in [5.74, 6) is -0.185. The van der Waals surface area contributed by atoms with Gasteiger partial charge in [-0.15, -0.1) is 0 Å². The molecule has 4 heteroatoms. The van der Waals surface area contributed by atoms with E-state index in [1.807, 2.05) is 51.1 Å². The van der Waals surface area contributed by atoms with Gasteiger partial charge in [0.05, 0.1) is 5.52 Å². The Morgan fingerprint density at radius 3 is 2.42 bits per heavy atom. The van der Waals surface area contributed by atoms with Crippen LogP contribution in [0.3, 0.4) is 0 Å². The molecule has 0 aliphatic rings. The number of hydrogen-bond acceptors (Lipinski definition) is 2. The first-order chi connectivity index (χ1) is 11.4. The van der Waals surface area contributed by atoms with Crippen molar-refractivity contribution in [3.63, 3.8) is 0 Å². The number of pyridine rings is 1. The fourth-order valence-electron chi connectivity index (χ4n) is 2.85. The van der Waals surface area contributed by atoms with Crippen LogP contribution in [0, 0.1) is 20.8 Å². The number of carbonyl (C=O) groups is 1. The van der Waals surface area contributed by atoms with E-state index in [1.165, 1.54) is 0 Å². The van der Waals surface area contributed by atoms with Gasteiger partial charge in [-0.1, -0.05) is 29.3 Å². The zero-order valence-electron chi connectivity index (χ0n) is 14.1. The number of hydrogen-bond donors (Lipinski definition) is 2. The predicted molar refractivity (Wildman–Crippen MR) is 96.4 cm³/mol. The molecule has 3 rings (SSSR count). The molecule has 4 nitrogen and oxygen atoms in total. The van der Waals surface area contributed by atoms with Crippen molar-refractivity contribution in [3.8, 4) is 0 Å². The van der Waals surface area contributed by atoms with E-state index in [0.29, 0.717) is 11.1 Å². The third kappa shape index (κ3) is 3.23. The second kappa shape index (κ2) is 6.32. The van der Waals surface area contributed by atoms with Crippen LogP contribution in [-0.4, -0.2) is 10.9 Å². The Kier molecular flexibility index (Phi) is 4.21. The molecule has 0 fully saturated rings. The molecule has 0 spiro atoms. The molecule has 0 atom stereocenters. The molecule has 2 N–H and O–H groups in total. The van der Waals surface area contributed by atoms with E-state index in [4.69, 9.17) is 0 Å². The predicted octanol–water partition coefficient (Wildman–Crippen LogP) is 3.38. The molecule has 0 bridgehead atoms. The SMILES string of the molecule is Cc1ccc(C(=O)NCc2cc3cc(C)cc(C)c3[nH]c2=O)cc1. The van der Waals surface area contributed by atoms with Crippen LogP contribution in [-0.2, 0) is 6.54 Å². The van der Waals surface area contributed by atoms with Gasteiger partial charge in [0.2, 0.25) is 0 Å². The molecule has 1 amide bonds. The van der Waals surface area contributed by atoms with E-state index >= 15 is 0 Å². The van der Waals surface area contributed by atoms with E-state index in [2.05, 4.69) is 10.3 Å². The summed E-state index contributed by atoms with van der Waals surface area (Å²) in [6, 6.07) is 13.3. The number of nitrogens with one attached hydrogen (secondary N) is 2. The molecule has 0 saturated carbocycles. The highest BCUT2D eigenvalue weighted by Crippen LogP contribution is 2.18. The zero-order valence-corrected chi connectivity index (χ0v) is 14.1. The van der Waals surface area contributed by atoms with Crippen molar-refractivity contribution in [2.45, 2.75) is 27.3 Å². The van der Waals surface area contributed by atoms with Crippen LogP contribution in [0.1, 0.15) is 32.6 Å². The summed E-state index contributed by atoms with van der Waals surface area (Å²) < 4.78 is 0. The summed E-state index contributed by atoms with van der Waals surface area (Å²) in [6.07, 6.45) is 0. The van der Waals surface area contributed by atoms with Crippen LogP contribution in [0.5, 0.6) is 0 Å². The van der Waals surface area contributed by atoms with Gasteiger partial charge in [-0.2, -0.15) is 0 Å². The van der Waals surface area contributed by atoms with Gasteiger partial charge in [0, 0.05) is 17.7 Å². The molecule has 1 heterocycles. The number of H-pyrrole nitrogens is 1. The number of rotatable bonds is 3. The second-order valence-electron chi connectivity index (χ2n) is 6.22. The third-order valence-corrected chi connectivity index (χ3v) is 4.12. The molecule has 1 aromatic heterocycles. The van der Waals surface area contributed by atoms with Gasteiger partial charge in [-0.05, 0) is 56.0 Å². The van der Waals surface area contributed by atoms with Crippen LogP contribution in [0.15, 0.2) is 47.3 Å². The summed E-state index contributed by atoms with van der Waals surface area (Å²) in [4.78, 5) is 27.4. The van der Waals surface area contributed by atoms with Gasteiger partial charge in [0.1, 0.15) is 0 Å². The van der Waals surface area contributed by atoms with Crippen molar-refractivity contribution in [3.05, 3.63) is 80.6 Å². The number of fused-ring (bicyclic) bond motifs is 1. The Balaban J connectivity index is 1.85. The standard InChI is InChI=1S/C20H20N2O2/c1-12-4-6-15(7-5-12)19(23)21-11-17-10-16-9-13(2)8-14(3)18(16)22-20(17)24/h4-10H,11H2,1-3H3,(H,21,23)(H,22,24). The summed E-state index contributed by atoms with van der Waals surface area (Å²) in [5, 5.41) is 3.79.